The topological polar surface area (TPSA) is 101 Å². The minimum Gasteiger partial charge on any atom is -0.350 e. The number of aromatic nitrogens is 3. The van der Waals surface area contributed by atoms with Crippen molar-refractivity contribution in [2.24, 2.45) is 7.05 Å². The first-order valence-corrected chi connectivity index (χ1v) is 7.78. The maximum absolute atomic E-state index is 12.0. The van der Waals surface area contributed by atoms with E-state index in [9.17, 15) is 9.59 Å². The van der Waals surface area contributed by atoms with Gasteiger partial charge < -0.3 is 20.5 Å². The van der Waals surface area contributed by atoms with Crippen LogP contribution in [0, 0.1) is 0 Å². The van der Waals surface area contributed by atoms with E-state index in [1.165, 1.54) is 0 Å². The van der Waals surface area contributed by atoms with Crippen molar-refractivity contribution in [1.29, 1.82) is 0 Å². The van der Waals surface area contributed by atoms with Crippen LogP contribution in [0.5, 0.6) is 0 Å². The van der Waals surface area contributed by atoms with Crippen LogP contribution in [0.15, 0.2) is 30.6 Å². The van der Waals surface area contributed by atoms with E-state index in [1.54, 1.807) is 42.2 Å². The second-order valence-corrected chi connectivity index (χ2v) is 5.53. The summed E-state index contributed by atoms with van der Waals surface area (Å²) in [6.45, 7) is 4.24. The molecule has 8 heteroatoms. The van der Waals surface area contributed by atoms with Crippen LogP contribution in [0.3, 0.4) is 0 Å². The Kier molecular flexibility index (Phi) is 5.89. The van der Waals surface area contributed by atoms with E-state index in [0.29, 0.717) is 17.1 Å². The first-order chi connectivity index (χ1) is 11.5. The molecule has 1 aromatic heterocycles. The third kappa shape index (κ3) is 4.80. The van der Waals surface area contributed by atoms with E-state index in [0.717, 1.165) is 6.42 Å². The van der Waals surface area contributed by atoms with Gasteiger partial charge >= 0.3 is 6.03 Å². The number of nitrogens with one attached hydrogen (secondary N) is 3. The molecule has 3 N–H and O–H groups in total. The number of anilines is 1. The monoisotopic (exact) mass is 330 g/mol. The van der Waals surface area contributed by atoms with Crippen molar-refractivity contribution in [2.75, 3.05) is 5.32 Å². The summed E-state index contributed by atoms with van der Waals surface area (Å²) in [4.78, 5) is 23.9. The Labute approximate surface area is 140 Å². The molecule has 24 heavy (non-hydrogen) atoms. The summed E-state index contributed by atoms with van der Waals surface area (Å²) >= 11 is 0. The van der Waals surface area contributed by atoms with Crippen molar-refractivity contribution in [3.63, 3.8) is 0 Å². The summed E-state index contributed by atoms with van der Waals surface area (Å²) in [7, 11) is 1.80. The lowest BCUT2D eigenvalue weighted by molar-refractivity contribution is 0.0939. The molecule has 0 saturated heterocycles. The van der Waals surface area contributed by atoms with Crippen molar-refractivity contribution in [1.82, 2.24) is 25.4 Å². The number of carbonyl (C=O) groups is 2. The quantitative estimate of drug-likeness (QED) is 0.750. The Balaban J connectivity index is 1.85. The van der Waals surface area contributed by atoms with Crippen molar-refractivity contribution in [3.8, 4) is 0 Å². The number of hydrogen-bond donors (Lipinski definition) is 3. The van der Waals surface area contributed by atoms with Crippen molar-refractivity contribution >= 4 is 17.6 Å². The summed E-state index contributed by atoms with van der Waals surface area (Å²) in [6, 6.07) is 6.50. The number of hydrogen-bond acceptors (Lipinski definition) is 4. The highest BCUT2D eigenvalue weighted by atomic mass is 16.2. The largest absolute Gasteiger partial charge is 0.350 e. The van der Waals surface area contributed by atoms with Gasteiger partial charge in [0, 0.05) is 24.3 Å². The lowest BCUT2D eigenvalue weighted by atomic mass is 10.1. The van der Waals surface area contributed by atoms with E-state index in [-0.39, 0.29) is 24.5 Å². The highest BCUT2D eigenvalue weighted by Gasteiger charge is 2.09. The van der Waals surface area contributed by atoms with Crippen LogP contribution in [0.2, 0.25) is 0 Å². The molecule has 8 nitrogen and oxygen atoms in total. The molecule has 2 aromatic rings. The van der Waals surface area contributed by atoms with Crippen LogP contribution in [-0.2, 0) is 13.6 Å². The highest BCUT2D eigenvalue weighted by Crippen LogP contribution is 2.10. The minimum absolute atomic E-state index is 0.123. The molecule has 1 aromatic carbocycles. The molecule has 0 aliphatic carbocycles. The Morgan fingerprint density at radius 1 is 1.25 bits per heavy atom. The third-order valence-corrected chi connectivity index (χ3v) is 3.61. The molecular weight excluding hydrogens is 308 g/mol. The summed E-state index contributed by atoms with van der Waals surface area (Å²) in [5, 5.41) is 15.9. The van der Waals surface area contributed by atoms with Crippen LogP contribution < -0.4 is 16.0 Å². The van der Waals surface area contributed by atoms with E-state index < -0.39 is 0 Å². The molecule has 0 bridgehead atoms. The zero-order chi connectivity index (χ0) is 17.5. The molecule has 0 fully saturated rings. The number of aryl methyl sites for hydroxylation is 1. The summed E-state index contributed by atoms with van der Waals surface area (Å²) in [5.74, 6) is 0.532. The fourth-order valence-corrected chi connectivity index (χ4v) is 1.92. The number of urea groups is 1. The first kappa shape index (κ1) is 17.5. The second-order valence-electron chi connectivity index (χ2n) is 5.53. The number of rotatable bonds is 6. The van der Waals surface area contributed by atoms with Gasteiger partial charge in [-0.25, -0.2) is 4.79 Å². The van der Waals surface area contributed by atoms with Crippen molar-refractivity contribution < 1.29 is 9.59 Å². The van der Waals surface area contributed by atoms with Gasteiger partial charge in [-0.1, -0.05) is 6.92 Å². The zero-order valence-electron chi connectivity index (χ0n) is 14.0. The van der Waals surface area contributed by atoms with Gasteiger partial charge in [0.1, 0.15) is 6.33 Å². The third-order valence-electron chi connectivity index (χ3n) is 3.61. The van der Waals surface area contributed by atoms with Crippen LogP contribution >= 0.6 is 0 Å². The van der Waals surface area contributed by atoms with Crippen LogP contribution in [0.1, 0.15) is 36.5 Å². The standard InChI is InChI=1S/C16H22N6O2/c1-4-11(2)19-15(23)12-5-7-13(8-6-12)20-16(24)17-9-14-21-18-10-22(14)3/h5-8,10-11H,4,9H2,1-3H3,(H,19,23)(H2,17,20,24)/t11-/m0/s1. The van der Waals surface area contributed by atoms with Crippen LogP contribution in [0.25, 0.3) is 0 Å². The number of carbonyl (C=O) groups excluding carboxylic acids is 2. The Hall–Kier alpha value is -2.90. The molecule has 3 amide bonds. The highest BCUT2D eigenvalue weighted by molar-refractivity contribution is 5.95. The lowest BCUT2D eigenvalue weighted by Crippen LogP contribution is -2.32. The van der Waals surface area contributed by atoms with Gasteiger partial charge in [-0.05, 0) is 37.6 Å². The smallest absolute Gasteiger partial charge is 0.319 e. The van der Waals surface area contributed by atoms with Gasteiger partial charge in [0.05, 0.1) is 6.54 Å². The molecule has 1 atom stereocenters. The molecule has 2 rings (SSSR count). The van der Waals surface area contributed by atoms with Gasteiger partial charge in [-0.2, -0.15) is 0 Å². The van der Waals surface area contributed by atoms with E-state index in [2.05, 4.69) is 26.1 Å². The maximum atomic E-state index is 12.0. The number of amides is 3. The second kappa shape index (κ2) is 8.09. The Morgan fingerprint density at radius 2 is 1.96 bits per heavy atom. The summed E-state index contributed by atoms with van der Waals surface area (Å²) in [5.41, 5.74) is 1.16. The SMILES string of the molecule is CC[C@H](C)NC(=O)c1ccc(NC(=O)NCc2nncn2C)cc1. The van der Waals surface area contributed by atoms with E-state index in [4.69, 9.17) is 0 Å². The predicted octanol–water partition coefficient (Wildman–Crippen LogP) is 1.67. The molecule has 128 valence electrons. The molecule has 0 saturated carbocycles. The van der Waals surface area contributed by atoms with E-state index >= 15 is 0 Å². The molecule has 0 aliphatic heterocycles. The fourth-order valence-electron chi connectivity index (χ4n) is 1.92. The Morgan fingerprint density at radius 3 is 2.54 bits per heavy atom. The molecule has 1 heterocycles. The van der Waals surface area contributed by atoms with Gasteiger partial charge in [0.15, 0.2) is 5.82 Å². The van der Waals surface area contributed by atoms with Gasteiger partial charge in [-0.15, -0.1) is 10.2 Å². The van der Waals surface area contributed by atoms with Gasteiger partial charge in [0.2, 0.25) is 0 Å². The number of benzene rings is 1. The average Bonchev–Trinajstić information content (AvgIpc) is 2.98. The molecule has 0 aliphatic rings. The van der Waals surface area contributed by atoms with Crippen LogP contribution in [0.4, 0.5) is 10.5 Å². The van der Waals surface area contributed by atoms with Crippen molar-refractivity contribution in [2.45, 2.75) is 32.9 Å². The molecule has 0 radical (unpaired) electrons. The van der Waals surface area contributed by atoms with E-state index in [1.807, 2.05) is 13.8 Å². The molecule has 0 spiro atoms. The van der Waals surface area contributed by atoms with Crippen LogP contribution in [-0.4, -0.2) is 32.7 Å². The van der Waals surface area contributed by atoms with Gasteiger partial charge in [0.25, 0.3) is 5.91 Å². The summed E-state index contributed by atoms with van der Waals surface area (Å²) in [6.07, 6.45) is 2.44. The first-order valence-electron chi connectivity index (χ1n) is 7.78. The fraction of sp³-hybridized carbons (Fsp3) is 0.375. The van der Waals surface area contributed by atoms with Gasteiger partial charge in [-0.3, -0.25) is 4.79 Å². The normalized spacial score (nSPS) is 11.6. The average molecular weight is 330 g/mol. The molecular formula is C16H22N6O2. The zero-order valence-corrected chi connectivity index (χ0v) is 14.0. The Bertz CT molecular complexity index is 695. The summed E-state index contributed by atoms with van der Waals surface area (Å²) < 4.78 is 1.73. The predicted molar refractivity (Wildman–Crippen MR) is 90.5 cm³/mol. The lowest BCUT2D eigenvalue weighted by Gasteiger charge is -2.12. The van der Waals surface area contributed by atoms with Crippen molar-refractivity contribution in [3.05, 3.63) is 42.0 Å². The maximum Gasteiger partial charge on any atom is 0.319 e. The minimum atomic E-state index is -0.352. The number of nitrogens with zero attached hydrogens (tertiary/aromatic N) is 3. The molecule has 0 unspecified atom stereocenters.